The van der Waals surface area contributed by atoms with Crippen molar-refractivity contribution >= 4 is 23.0 Å². The van der Waals surface area contributed by atoms with Gasteiger partial charge in [0.15, 0.2) is 0 Å². The van der Waals surface area contributed by atoms with Crippen molar-refractivity contribution < 1.29 is 10.0 Å². The van der Waals surface area contributed by atoms with Crippen LogP contribution in [0, 0.1) is 10.1 Å². The number of phenolic OH excluding ortho intramolecular Hbond substituents is 1. The Balaban J connectivity index is 2.29. The predicted molar refractivity (Wildman–Crippen MR) is 82.9 cm³/mol. The third kappa shape index (κ3) is 3.44. The fourth-order valence-electron chi connectivity index (χ4n) is 2.13. The van der Waals surface area contributed by atoms with E-state index in [0.717, 1.165) is 5.56 Å². The van der Waals surface area contributed by atoms with Crippen molar-refractivity contribution in [1.82, 2.24) is 0 Å². The van der Waals surface area contributed by atoms with Gasteiger partial charge >= 0.3 is 0 Å². The van der Waals surface area contributed by atoms with Gasteiger partial charge in [-0.2, -0.15) is 0 Å². The molecule has 0 bridgehead atoms. The van der Waals surface area contributed by atoms with Crippen LogP contribution in [0.1, 0.15) is 24.9 Å². The standard InChI is InChI=1S/C15H15ClN2O3/c1-2-13(11-5-3-4-6-15(11)19)17-10-7-8-12(16)14(9-10)18(20)21/h3-9,13,17,19H,2H2,1H3. The monoisotopic (exact) mass is 306 g/mol. The Bertz CT molecular complexity index is 661. The lowest BCUT2D eigenvalue weighted by Gasteiger charge is -2.19. The first kappa shape index (κ1) is 15.1. The van der Waals surface area contributed by atoms with E-state index in [1.54, 1.807) is 18.2 Å². The van der Waals surface area contributed by atoms with Crippen molar-refractivity contribution in [3.63, 3.8) is 0 Å². The molecule has 0 radical (unpaired) electrons. The van der Waals surface area contributed by atoms with E-state index >= 15 is 0 Å². The van der Waals surface area contributed by atoms with Gasteiger partial charge < -0.3 is 10.4 Å². The van der Waals surface area contributed by atoms with Crippen molar-refractivity contribution in [2.24, 2.45) is 0 Å². The molecule has 0 heterocycles. The summed E-state index contributed by atoms with van der Waals surface area (Å²) in [5, 5.41) is 24.1. The van der Waals surface area contributed by atoms with Crippen molar-refractivity contribution in [1.29, 1.82) is 0 Å². The number of nitro benzene ring substituents is 1. The molecule has 0 amide bonds. The SMILES string of the molecule is CCC(Nc1ccc(Cl)c([N+](=O)[O-])c1)c1ccccc1O. The van der Waals surface area contributed by atoms with Gasteiger partial charge in [0.1, 0.15) is 10.8 Å². The summed E-state index contributed by atoms with van der Waals surface area (Å²) in [7, 11) is 0. The number of nitro groups is 1. The lowest BCUT2D eigenvalue weighted by atomic mass is 10.0. The maximum absolute atomic E-state index is 10.9. The highest BCUT2D eigenvalue weighted by Crippen LogP contribution is 2.32. The van der Waals surface area contributed by atoms with Crippen LogP contribution >= 0.6 is 11.6 Å². The summed E-state index contributed by atoms with van der Waals surface area (Å²) in [6.07, 6.45) is 0.716. The zero-order chi connectivity index (χ0) is 15.4. The molecule has 0 spiro atoms. The van der Waals surface area contributed by atoms with Gasteiger partial charge in [0, 0.05) is 17.3 Å². The molecular weight excluding hydrogens is 292 g/mol. The topological polar surface area (TPSA) is 75.4 Å². The molecule has 21 heavy (non-hydrogen) atoms. The second-order valence-corrected chi connectivity index (χ2v) is 4.99. The summed E-state index contributed by atoms with van der Waals surface area (Å²) < 4.78 is 0. The van der Waals surface area contributed by atoms with Gasteiger partial charge in [0.2, 0.25) is 0 Å². The highest BCUT2D eigenvalue weighted by atomic mass is 35.5. The summed E-state index contributed by atoms with van der Waals surface area (Å²) in [6.45, 7) is 1.97. The molecule has 2 rings (SSSR count). The van der Waals surface area contributed by atoms with E-state index < -0.39 is 4.92 Å². The largest absolute Gasteiger partial charge is 0.508 e. The van der Waals surface area contributed by atoms with Crippen LogP contribution in [0.4, 0.5) is 11.4 Å². The van der Waals surface area contributed by atoms with Crippen LogP contribution in [0.5, 0.6) is 5.75 Å². The smallest absolute Gasteiger partial charge is 0.289 e. The van der Waals surface area contributed by atoms with Gasteiger partial charge in [0.25, 0.3) is 5.69 Å². The van der Waals surface area contributed by atoms with Crippen LogP contribution in [0.15, 0.2) is 42.5 Å². The van der Waals surface area contributed by atoms with Gasteiger partial charge in [-0.15, -0.1) is 0 Å². The molecule has 1 atom stereocenters. The normalized spacial score (nSPS) is 11.9. The van der Waals surface area contributed by atoms with Crippen LogP contribution in [0.2, 0.25) is 5.02 Å². The first-order chi connectivity index (χ1) is 10.0. The number of aromatic hydroxyl groups is 1. The number of hydrogen-bond acceptors (Lipinski definition) is 4. The molecule has 2 aromatic rings. The molecule has 0 fully saturated rings. The number of rotatable bonds is 5. The Morgan fingerprint density at radius 1 is 1.33 bits per heavy atom. The molecule has 0 saturated carbocycles. The molecule has 5 nitrogen and oxygen atoms in total. The fraction of sp³-hybridized carbons (Fsp3) is 0.200. The fourth-order valence-corrected chi connectivity index (χ4v) is 2.31. The van der Waals surface area contributed by atoms with Gasteiger partial charge in [-0.25, -0.2) is 0 Å². The molecule has 2 N–H and O–H groups in total. The summed E-state index contributed by atoms with van der Waals surface area (Å²) in [5.74, 6) is 0.195. The minimum Gasteiger partial charge on any atom is -0.508 e. The molecule has 0 saturated heterocycles. The first-order valence-electron chi connectivity index (χ1n) is 6.51. The van der Waals surface area contributed by atoms with Crippen molar-refractivity contribution in [2.75, 3.05) is 5.32 Å². The minimum absolute atomic E-state index is 0.0983. The second-order valence-electron chi connectivity index (χ2n) is 4.59. The molecule has 0 aliphatic heterocycles. The quantitative estimate of drug-likeness (QED) is 0.629. The summed E-state index contributed by atoms with van der Waals surface area (Å²) in [5.41, 5.74) is 1.19. The molecule has 0 aliphatic rings. The predicted octanol–water partition coefficient (Wildman–Crippen LogP) is 4.52. The highest BCUT2D eigenvalue weighted by Gasteiger charge is 2.16. The van der Waals surface area contributed by atoms with E-state index in [0.29, 0.717) is 12.1 Å². The van der Waals surface area contributed by atoms with E-state index in [1.165, 1.54) is 12.1 Å². The molecule has 0 aromatic heterocycles. The molecule has 1 unspecified atom stereocenters. The number of hydrogen-bond donors (Lipinski definition) is 2. The molecule has 0 aliphatic carbocycles. The first-order valence-corrected chi connectivity index (χ1v) is 6.89. The zero-order valence-corrected chi connectivity index (χ0v) is 12.2. The Kier molecular flexibility index (Phi) is 4.65. The van der Waals surface area contributed by atoms with Crippen LogP contribution in [-0.4, -0.2) is 10.0 Å². The van der Waals surface area contributed by atoms with Gasteiger partial charge in [-0.3, -0.25) is 10.1 Å². The average Bonchev–Trinajstić information content (AvgIpc) is 2.47. The Hall–Kier alpha value is -2.27. The number of benzene rings is 2. The van der Waals surface area contributed by atoms with Gasteiger partial charge in [-0.05, 0) is 24.6 Å². The summed E-state index contributed by atoms with van der Waals surface area (Å²) in [6, 6.07) is 11.4. The molecule has 6 heteroatoms. The molecule has 2 aromatic carbocycles. The lowest BCUT2D eigenvalue weighted by Crippen LogP contribution is -2.10. The van der Waals surface area contributed by atoms with Crippen LogP contribution < -0.4 is 5.32 Å². The number of nitrogens with one attached hydrogen (secondary N) is 1. The van der Waals surface area contributed by atoms with Crippen LogP contribution in [0.3, 0.4) is 0 Å². The molecule has 110 valence electrons. The van der Waals surface area contributed by atoms with E-state index in [4.69, 9.17) is 11.6 Å². The summed E-state index contributed by atoms with van der Waals surface area (Å²) >= 11 is 5.79. The summed E-state index contributed by atoms with van der Waals surface area (Å²) in [4.78, 5) is 10.4. The van der Waals surface area contributed by atoms with E-state index in [9.17, 15) is 15.2 Å². The average molecular weight is 307 g/mol. The Morgan fingerprint density at radius 2 is 2.05 bits per heavy atom. The van der Waals surface area contributed by atoms with Gasteiger partial charge in [-0.1, -0.05) is 36.7 Å². The zero-order valence-electron chi connectivity index (χ0n) is 11.4. The van der Waals surface area contributed by atoms with E-state index in [2.05, 4.69) is 5.32 Å². The number of para-hydroxylation sites is 1. The number of anilines is 1. The maximum Gasteiger partial charge on any atom is 0.289 e. The highest BCUT2D eigenvalue weighted by molar-refractivity contribution is 6.32. The van der Waals surface area contributed by atoms with Crippen LogP contribution in [-0.2, 0) is 0 Å². The maximum atomic E-state index is 10.9. The third-order valence-corrected chi connectivity index (χ3v) is 3.52. The van der Waals surface area contributed by atoms with Crippen molar-refractivity contribution in [2.45, 2.75) is 19.4 Å². The third-order valence-electron chi connectivity index (χ3n) is 3.20. The Labute approximate surface area is 127 Å². The number of halogens is 1. The Morgan fingerprint density at radius 3 is 2.67 bits per heavy atom. The van der Waals surface area contributed by atoms with E-state index in [1.807, 2.05) is 19.1 Å². The number of nitrogens with zero attached hydrogens (tertiary/aromatic N) is 1. The second kappa shape index (κ2) is 6.45. The van der Waals surface area contributed by atoms with Crippen molar-refractivity contribution in [3.8, 4) is 5.75 Å². The minimum atomic E-state index is -0.519. The van der Waals surface area contributed by atoms with Gasteiger partial charge in [0.05, 0.1) is 11.0 Å². The van der Waals surface area contributed by atoms with Crippen LogP contribution in [0.25, 0.3) is 0 Å². The lowest BCUT2D eigenvalue weighted by molar-refractivity contribution is -0.384. The molecular formula is C15H15ClN2O3. The number of phenols is 1. The van der Waals surface area contributed by atoms with E-state index in [-0.39, 0.29) is 22.5 Å². The van der Waals surface area contributed by atoms with Crippen molar-refractivity contribution in [3.05, 3.63) is 63.2 Å².